The van der Waals surface area contributed by atoms with Gasteiger partial charge < -0.3 is 13.9 Å². The zero-order valence-electron chi connectivity index (χ0n) is 20.5. The van der Waals surface area contributed by atoms with E-state index < -0.39 is 10.0 Å². The van der Waals surface area contributed by atoms with E-state index in [2.05, 4.69) is 43.6 Å². The lowest BCUT2D eigenvalue weighted by Crippen LogP contribution is -2.44. The van der Waals surface area contributed by atoms with Crippen molar-refractivity contribution < 1.29 is 22.3 Å². The summed E-state index contributed by atoms with van der Waals surface area (Å²) in [5, 5.41) is 8.05. The summed E-state index contributed by atoms with van der Waals surface area (Å²) in [6.07, 6.45) is 6.51. The molecule has 1 aromatic carbocycles. The number of aromatic nitrogens is 4. The summed E-state index contributed by atoms with van der Waals surface area (Å²) >= 11 is 0. The first kappa shape index (κ1) is 24.2. The van der Waals surface area contributed by atoms with Gasteiger partial charge in [0, 0.05) is 35.8 Å². The first-order chi connectivity index (χ1) is 17.2. The third-order valence-electron chi connectivity index (χ3n) is 5.89. The van der Waals surface area contributed by atoms with E-state index in [0.717, 1.165) is 47.1 Å². The van der Waals surface area contributed by atoms with E-state index in [0.29, 0.717) is 18.0 Å². The Morgan fingerprint density at radius 1 is 1.11 bits per heavy atom. The molecule has 2 N–H and O–H groups in total. The Kier molecular flexibility index (Phi) is 6.41. The quantitative estimate of drug-likeness (QED) is 0.382. The van der Waals surface area contributed by atoms with Crippen LogP contribution in [0.3, 0.4) is 0 Å². The van der Waals surface area contributed by atoms with Gasteiger partial charge in [-0.15, -0.1) is 0 Å². The highest BCUT2D eigenvalue weighted by molar-refractivity contribution is 7.92. The SMILES string of the molecule is COc1ncc(-c2cc(-c3ncc(CN4CC(C)OC(C)C4)o3)c3cn[nH]c3c2)cc1NS(C)(=O)=O. The van der Waals surface area contributed by atoms with E-state index in [9.17, 15) is 8.42 Å². The van der Waals surface area contributed by atoms with Crippen molar-refractivity contribution in [3.63, 3.8) is 0 Å². The third-order valence-corrected chi connectivity index (χ3v) is 6.48. The molecular formula is C24H28N6O5S. The Bertz CT molecular complexity index is 1490. The zero-order chi connectivity index (χ0) is 25.4. The van der Waals surface area contributed by atoms with Gasteiger partial charge >= 0.3 is 0 Å². The maximum atomic E-state index is 11.8. The van der Waals surface area contributed by atoms with Crippen LogP contribution in [0.1, 0.15) is 19.6 Å². The topological polar surface area (TPSA) is 135 Å². The van der Waals surface area contributed by atoms with Crippen LogP contribution in [0, 0.1) is 0 Å². The number of hydrogen-bond acceptors (Lipinski definition) is 9. The fourth-order valence-electron chi connectivity index (χ4n) is 4.58. The number of methoxy groups -OCH3 is 1. The number of morpholine rings is 1. The van der Waals surface area contributed by atoms with Gasteiger partial charge in [-0.2, -0.15) is 5.10 Å². The summed E-state index contributed by atoms with van der Waals surface area (Å²) in [7, 11) is -2.09. The third kappa shape index (κ3) is 5.20. The van der Waals surface area contributed by atoms with Crippen LogP contribution in [0.2, 0.25) is 0 Å². The van der Waals surface area contributed by atoms with Crippen LogP contribution < -0.4 is 9.46 Å². The molecule has 0 bridgehead atoms. The molecule has 11 nitrogen and oxygen atoms in total. The lowest BCUT2D eigenvalue weighted by atomic mass is 10.0. The zero-order valence-corrected chi connectivity index (χ0v) is 21.3. The molecule has 0 aliphatic carbocycles. The van der Waals surface area contributed by atoms with Crippen molar-refractivity contribution in [2.45, 2.75) is 32.6 Å². The van der Waals surface area contributed by atoms with Gasteiger partial charge in [0.2, 0.25) is 21.8 Å². The van der Waals surface area contributed by atoms with Gasteiger partial charge in [-0.3, -0.25) is 14.7 Å². The lowest BCUT2D eigenvalue weighted by Gasteiger charge is -2.34. The van der Waals surface area contributed by atoms with Crippen LogP contribution in [0.5, 0.6) is 5.88 Å². The smallest absolute Gasteiger partial charge is 0.238 e. The second kappa shape index (κ2) is 9.52. The molecule has 3 aromatic heterocycles. The molecule has 190 valence electrons. The minimum atomic E-state index is -3.53. The van der Waals surface area contributed by atoms with Crippen molar-refractivity contribution in [1.29, 1.82) is 0 Å². The molecule has 1 saturated heterocycles. The number of fused-ring (bicyclic) bond motifs is 1. The normalized spacial score (nSPS) is 19.0. The van der Waals surface area contributed by atoms with Crippen LogP contribution in [0.25, 0.3) is 33.5 Å². The van der Waals surface area contributed by atoms with Gasteiger partial charge in [0.25, 0.3) is 0 Å². The molecule has 0 spiro atoms. The summed E-state index contributed by atoms with van der Waals surface area (Å²) < 4.78 is 43.4. The van der Waals surface area contributed by atoms with Crippen molar-refractivity contribution in [2.75, 3.05) is 31.2 Å². The van der Waals surface area contributed by atoms with Crippen LogP contribution in [0.15, 0.2) is 41.2 Å². The molecule has 4 aromatic rings. The van der Waals surface area contributed by atoms with Gasteiger partial charge in [-0.05, 0) is 37.6 Å². The lowest BCUT2D eigenvalue weighted by molar-refractivity contribution is -0.0718. The first-order valence-corrected chi connectivity index (χ1v) is 13.4. The number of sulfonamides is 1. The molecule has 1 fully saturated rings. The summed E-state index contributed by atoms with van der Waals surface area (Å²) in [6.45, 7) is 6.44. The number of pyridine rings is 1. The van der Waals surface area contributed by atoms with E-state index in [4.69, 9.17) is 13.9 Å². The van der Waals surface area contributed by atoms with E-state index in [1.54, 1.807) is 24.7 Å². The number of ether oxygens (including phenoxy) is 2. The number of H-pyrrole nitrogens is 1. The molecule has 0 radical (unpaired) electrons. The number of anilines is 1. The predicted octanol–water partition coefficient (Wildman–Crippen LogP) is 3.27. The summed E-state index contributed by atoms with van der Waals surface area (Å²) in [4.78, 5) is 11.1. The first-order valence-electron chi connectivity index (χ1n) is 11.5. The van der Waals surface area contributed by atoms with E-state index in [-0.39, 0.29) is 23.8 Å². The highest BCUT2D eigenvalue weighted by Gasteiger charge is 2.24. The largest absolute Gasteiger partial charge is 0.480 e. The van der Waals surface area contributed by atoms with Gasteiger partial charge in [-0.1, -0.05) is 0 Å². The molecule has 5 rings (SSSR count). The summed E-state index contributed by atoms with van der Waals surface area (Å²) in [6, 6.07) is 5.52. The van der Waals surface area contributed by atoms with Crippen molar-refractivity contribution in [3.05, 3.63) is 42.5 Å². The highest BCUT2D eigenvalue weighted by Crippen LogP contribution is 2.35. The molecule has 4 heterocycles. The number of hydrogen-bond donors (Lipinski definition) is 2. The van der Waals surface area contributed by atoms with Crippen LogP contribution >= 0.6 is 0 Å². The Hall–Kier alpha value is -3.48. The van der Waals surface area contributed by atoms with E-state index in [1.807, 2.05) is 12.1 Å². The van der Waals surface area contributed by atoms with Crippen molar-refractivity contribution in [3.8, 4) is 28.5 Å². The maximum Gasteiger partial charge on any atom is 0.238 e. The van der Waals surface area contributed by atoms with Crippen LogP contribution in [-0.4, -0.2) is 72.1 Å². The number of nitrogens with zero attached hydrogens (tertiary/aromatic N) is 4. The number of nitrogens with one attached hydrogen (secondary N) is 2. The molecular weight excluding hydrogens is 484 g/mol. The van der Waals surface area contributed by atoms with Crippen LogP contribution in [0.4, 0.5) is 5.69 Å². The van der Waals surface area contributed by atoms with Crippen LogP contribution in [-0.2, 0) is 21.3 Å². The monoisotopic (exact) mass is 512 g/mol. The van der Waals surface area contributed by atoms with Crippen molar-refractivity contribution in [1.82, 2.24) is 25.1 Å². The second-order valence-electron chi connectivity index (χ2n) is 9.09. The number of aromatic amines is 1. The molecule has 2 atom stereocenters. The minimum Gasteiger partial charge on any atom is -0.480 e. The fourth-order valence-corrected chi connectivity index (χ4v) is 5.13. The second-order valence-corrected chi connectivity index (χ2v) is 10.8. The van der Waals surface area contributed by atoms with Gasteiger partial charge in [0.15, 0.2) is 0 Å². The van der Waals surface area contributed by atoms with Crippen molar-refractivity contribution >= 4 is 26.6 Å². The highest BCUT2D eigenvalue weighted by atomic mass is 32.2. The molecule has 0 amide bonds. The molecule has 36 heavy (non-hydrogen) atoms. The standard InChI is InChI=1S/C24H28N6O5S/c1-14-11-30(12-15(2)34-14)13-18-9-26-23(35-18)19-5-16(6-21-20(19)10-27-28-21)17-7-22(29-36(4,31)32)24(33-3)25-8-17/h5-10,14-15,29H,11-13H2,1-4H3,(H,27,28). The van der Waals surface area contributed by atoms with Gasteiger partial charge in [0.05, 0.1) is 50.0 Å². The summed E-state index contributed by atoms with van der Waals surface area (Å²) in [5.41, 5.74) is 3.26. The molecule has 2 unspecified atom stereocenters. The fraction of sp³-hybridized carbons (Fsp3) is 0.375. The summed E-state index contributed by atoms with van der Waals surface area (Å²) in [5.74, 6) is 1.42. The molecule has 0 saturated carbocycles. The molecule has 1 aliphatic rings. The predicted molar refractivity (Wildman–Crippen MR) is 135 cm³/mol. The average Bonchev–Trinajstić information content (AvgIpc) is 3.46. The Balaban J connectivity index is 1.50. The van der Waals surface area contributed by atoms with Crippen molar-refractivity contribution in [2.24, 2.45) is 0 Å². The number of rotatable bonds is 7. The number of benzene rings is 1. The van der Waals surface area contributed by atoms with Gasteiger partial charge in [0.1, 0.15) is 11.4 Å². The molecule has 12 heteroatoms. The average molecular weight is 513 g/mol. The minimum absolute atomic E-state index is 0.165. The maximum absolute atomic E-state index is 11.8. The Morgan fingerprint density at radius 2 is 1.89 bits per heavy atom. The van der Waals surface area contributed by atoms with Gasteiger partial charge in [-0.25, -0.2) is 18.4 Å². The Morgan fingerprint density at radius 3 is 2.61 bits per heavy atom. The number of oxazole rings is 1. The van der Waals surface area contributed by atoms with E-state index in [1.165, 1.54) is 7.11 Å². The van der Waals surface area contributed by atoms with E-state index >= 15 is 0 Å². The Labute approximate surface area is 208 Å². The molecule has 1 aliphatic heterocycles.